The third-order valence-corrected chi connectivity index (χ3v) is 3.09. The molecule has 1 N–H and O–H groups in total. The molecule has 0 radical (unpaired) electrons. The highest BCUT2D eigenvalue weighted by molar-refractivity contribution is 5.94. The molecule has 0 aliphatic carbocycles. The molecule has 0 saturated carbocycles. The Hall–Kier alpha value is -2.56. The fourth-order valence-electron chi connectivity index (χ4n) is 1.92. The van der Waals surface area contributed by atoms with Crippen LogP contribution in [0.15, 0.2) is 48.5 Å². The minimum atomic E-state index is -0.656. The zero-order valence-corrected chi connectivity index (χ0v) is 12.5. The minimum absolute atomic E-state index is 0.264. The van der Waals surface area contributed by atoms with Crippen LogP contribution in [-0.4, -0.2) is 19.1 Å². The van der Waals surface area contributed by atoms with Crippen molar-refractivity contribution in [2.45, 2.75) is 19.4 Å². The fraction of sp³-hybridized carbons (Fsp3) is 0.235. The van der Waals surface area contributed by atoms with Gasteiger partial charge in [-0.3, -0.25) is 4.79 Å². The molecular weight excluding hydrogens is 285 g/mol. The second-order valence-corrected chi connectivity index (χ2v) is 4.69. The van der Waals surface area contributed by atoms with E-state index in [1.54, 1.807) is 31.4 Å². The van der Waals surface area contributed by atoms with Crippen LogP contribution in [0.25, 0.3) is 0 Å². The van der Waals surface area contributed by atoms with E-state index in [4.69, 9.17) is 9.47 Å². The maximum Gasteiger partial charge on any atom is 0.265 e. The van der Waals surface area contributed by atoms with Gasteiger partial charge < -0.3 is 14.8 Å². The molecule has 0 aliphatic heterocycles. The van der Waals surface area contributed by atoms with Crippen molar-refractivity contribution in [1.82, 2.24) is 0 Å². The van der Waals surface area contributed by atoms with Crippen molar-refractivity contribution >= 4 is 11.6 Å². The second kappa shape index (κ2) is 7.45. The predicted octanol–water partition coefficient (Wildman–Crippen LogP) is 3.63. The van der Waals surface area contributed by atoms with Crippen molar-refractivity contribution in [2.24, 2.45) is 0 Å². The van der Waals surface area contributed by atoms with Gasteiger partial charge in [-0.25, -0.2) is 4.39 Å². The smallest absolute Gasteiger partial charge is 0.265 e. The molecule has 0 bridgehead atoms. The minimum Gasteiger partial charge on any atom is -0.497 e. The molecule has 0 saturated heterocycles. The van der Waals surface area contributed by atoms with Crippen molar-refractivity contribution in [3.8, 4) is 11.5 Å². The van der Waals surface area contributed by atoms with E-state index < -0.39 is 6.10 Å². The van der Waals surface area contributed by atoms with Crippen LogP contribution in [0.3, 0.4) is 0 Å². The van der Waals surface area contributed by atoms with Crippen molar-refractivity contribution in [3.63, 3.8) is 0 Å². The van der Waals surface area contributed by atoms with Crippen molar-refractivity contribution in [1.29, 1.82) is 0 Å². The summed E-state index contributed by atoms with van der Waals surface area (Å²) in [4.78, 5) is 12.3. The summed E-state index contributed by atoms with van der Waals surface area (Å²) in [6.07, 6.45) is -0.163. The Bertz CT molecular complexity index is 628. The van der Waals surface area contributed by atoms with Crippen LogP contribution in [-0.2, 0) is 4.79 Å². The highest BCUT2D eigenvalue weighted by atomic mass is 19.1. The molecule has 116 valence electrons. The van der Waals surface area contributed by atoms with Gasteiger partial charge in [0.25, 0.3) is 5.91 Å². The van der Waals surface area contributed by atoms with Crippen LogP contribution in [0.1, 0.15) is 13.3 Å². The molecule has 1 atom stereocenters. The zero-order chi connectivity index (χ0) is 15.9. The first-order chi connectivity index (χ1) is 10.6. The highest BCUT2D eigenvalue weighted by Crippen LogP contribution is 2.19. The van der Waals surface area contributed by atoms with Gasteiger partial charge in [0, 0.05) is 11.8 Å². The normalized spacial score (nSPS) is 11.6. The SMILES string of the molecule is CCC(Oc1ccc(F)cc1)C(=O)Nc1cccc(OC)c1. The van der Waals surface area contributed by atoms with Crippen molar-refractivity contribution in [2.75, 3.05) is 12.4 Å². The standard InChI is InChI=1S/C17H18FNO3/c1-3-16(22-14-9-7-12(18)8-10-14)17(20)19-13-5-4-6-15(11-13)21-2/h4-11,16H,3H2,1-2H3,(H,19,20). The van der Waals surface area contributed by atoms with Gasteiger partial charge in [-0.05, 0) is 42.8 Å². The van der Waals surface area contributed by atoms with Crippen molar-refractivity contribution < 1.29 is 18.7 Å². The van der Waals surface area contributed by atoms with E-state index in [0.29, 0.717) is 23.6 Å². The van der Waals surface area contributed by atoms with E-state index in [9.17, 15) is 9.18 Å². The Morgan fingerprint density at radius 3 is 2.55 bits per heavy atom. The Balaban J connectivity index is 2.03. The lowest BCUT2D eigenvalue weighted by Crippen LogP contribution is -2.32. The number of anilines is 1. The molecule has 2 aromatic rings. The lowest BCUT2D eigenvalue weighted by Gasteiger charge is -2.17. The number of rotatable bonds is 6. The molecule has 0 aliphatic rings. The molecule has 5 heteroatoms. The Morgan fingerprint density at radius 2 is 1.91 bits per heavy atom. The topological polar surface area (TPSA) is 47.6 Å². The average molecular weight is 303 g/mol. The largest absolute Gasteiger partial charge is 0.497 e. The number of hydrogen-bond acceptors (Lipinski definition) is 3. The maximum absolute atomic E-state index is 12.9. The maximum atomic E-state index is 12.9. The molecule has 0 heterocycles. The molecule has 0 fully saturated rings. The fourth-order valence-corrected chi connectivity index (χ4v) is 1.92. The monoisotopic (exact) mass is 303 g/mol. The first-order valence-corrected chi connectivity index (χ1v) is 6.99. The number of halogens is 1. The summed E-state index contributed by atoms with van der Waals surface area (Å²) in [7, 11) is 1.56. The van der Waals surface area contributed by atoms with Gasteiger partial charge in [-0.2, -0.15) is 0 Å². The van der Waals surface area contributed by atoms with Crippen LogP contribution in [0.2, 0.25) is 0 Å². The van der Waals surface area contributed by atoms with Gasteiger partial charge in [0.05, 0.1) is 7.11 Å². The zero-order valence-electron chi connectivity index (χ0n) is 12.5. The molecule has 0 aromatic heterocycles. The molecule has 2 rings (SSSR count). The molecule has 22 heavy (non-hydrogen) atoms. The lowest BCUT2D eigenvalue weighted by molar-refractivity contribution is -0.122. The van der Waals surface area contributed by atoms with Gasteiger partial charge in [-0.15, -0.1) is 0 Å². The number of benzene rings is 2. The Kier molecular flexibility index (Phi) is 5.36. The van der Waals surface area contributed by atoms with E-state index in [-0.39, 0.29) is 11.7 Å². The lowest BCUT2D eigenvalue weighted by atomic mass is 10.2. The number of hydrogen-bond donors (Lipinski definition) is 1. The third-order valence-electron chi connectivity index (χ3n) is 3.09. The number of ether oxygens (including phenoxy) is 2. The summed E-state index contributed by atoms with van der Waals surface area (Å²) < 4.78 is 23.6. The Morgan fingerprint density at radius 1 is 1.18 bits per heavy atom. The second-order valence-electron chi connectivity index (χ2n) is 4.69. The number of carbonyl (C=O) groups is 1. The molecular formula is C17H18FNO3. The van der Waals surface area contributed by atoms with Crippen molar-refractivity contribution in [3.05, 3.63) is 54.3 Å². The third kappa shape index (κ3) is 4.22. The summed E-state index contributed by atoms with van der Waals surface area (Å²) in [5.41, 5.74) is 0.630. The number of nitrogens with one attached hydrogen (secondary N) is 1. The molecule has 1 unspecified atom stereocenters. The van der Waals surface area contributed by atoms with E-state index in [2.05, 4.69) is 5.32 Å². The summed E-state index contributed by atoms with van der Waals surface area (Å²) in [5.74, 6) is 0.501. The summed E-state index contributed by atoms with van der Waals surface area (Å²) in [6.45, 7) is 1.85. The van der Waals surface area contributed by atoms with Gasteiger partial charge in [0.15, 0.2) is 6.10 Å². The molecule has 0 spiro atoms. The quantitative estimate of drug-likeness (QED) is 0.886. The number of carbonyl (C=O) groups excluding carboxylic acids is 1. The van der Waals surface area contributed by atoms with Gasteiger partial charge in [0.2, 0.25) is 0 Å². The number of methoxy groups -OCH3 is 1. The van der Waals surface area contributed by atoms with E-state index in [1.165, 1.54) is 24.3 Å². The van der Waals surface area contributed by atoms with E-state index >= 15 is 0 Å². The van der Waals surface area contributed by atoms with Gasteiger partial charge in [-0.1, -0.05) is 13.0 Å². The van der Waals surface area contributed by atoms with E-state index in [0.717, 1.165) is 0 Å². The summed E-state index contributed by atoms with van der Waals surface area (Å²) in [5, 5.41) is 2.78. The van der Waals surface area contributed by atoms with E-state index in [1.807, 2.05) is 6.92 Å². The first-order valence-electron chi connectivity index (χ1n) is 6.99. The summed E-state index contributed by atoms with van der Waals surface area (Å²) >= 11 is 0. The van der Waals surface area contributed by atoms with Gasteiger partial charge in [0.1, 0.15) is 17.3 Å². The predicted molar refractivity (Wildman–Crippen MR) is 82.7 cm³/mol. The molecule has 1 amide bonds. The molecule has 4 nitrogen and oxygen atoms in total. The molecule has 2 aromatic carbocycles. The highest BCUT2D eigenvalue weighted by Gasteiger charge is 2.18. The van der Waals surface area contributed by atoms with Crippen LogP contribution >= 0.6 is 0 Å². The van der Waals surface area contributed by atoms with Gasteiger partial charge >= 0.3 is 0 Å². The van der Waals surface area contributed by atoms with Crippen LogP contribution in [0.4, 0.5) is 10.1 Å². The van der Waals surface area contributed by atoms with Crippen LogP contribution < -0.4 is 14.8 Å². The Labute approximate surface area is 128 Å². The average Bonchev–Trinajstić information content (AvgIpc) is 2.54. The summed E-state index contributed by atoms with van der Waals surface area (Å²) in [6, 6.07) is 12.7. The van der Waals surface area contributed by atoms with Crippen LogP contribution in [0.5, 0.6) is 11.5 Å². The number of amides is 1. The first kappa shape index (κ1) is 15.8. The van der Waals surface area contributed by atoms with Crippen LogP contribution in [0, 0.1) is 5.82 Å².